The lowest BCUT2D eigenvalue weighted by Crippen LogP contribution is -2.51. The highest BCUT2D eigenvalue weighted by molar-refractivity contribution is 7.92. The normalized spacial score (nSPS) is 12.2. The highest BCUT2D eigenvalue weighted by Gasteiger charge is 2.30. The van der Waals surface area contributed by atoms with E-state index in [2.05, 4.69) is 5.32 Å². The highest BCUT2D eigenvalue weighted by atomic mass is 35.5. The molecule has 9 heteroatoms. The molecule has 2 aromatic rings. The molecule has 0 saturated carbocycles. The minimum atomic E-state index is -3.76. The van der Waals surface area contributed by atoms with E-state index in [1.807, 2.05) is 19.9 Å². The molecular formula is C23H30ClN3O4S. The lowest BCUT2D eigenvalue weighted by molar-refractivity contribution is -0.139. The van der Waals surface area contributed by atoms with Crippen LogP contribution in [-0.4, -0.2) is 50.5 Å². The van der Waals surface area contributed by atoms with E-state index in [0.717, 1.165) is 27.3 Å². The monoisotopic (exact) mass is 479 g/mol. The van der Waals surface area contributed by atoms with Crippen LogP contribution in [0.2, 0.25) is 5.02 Å². The SMILES string of the molecule is CCNC(=O)C(C)N(Cc1cccc(Cl)c1)C(=O)CN(c1cccc(C)c1C)S(C)(=O)=O. The van der Waals surface area contributed by atoms with Crippen molar-refractivity contribution < 1.29 is 18.0 Å². The van der Waals surface area contributed by atoms with Crippen LogP contribution in [0.25, 0.3) is 0 Å². The predicted molar refractivity (Wildman–Crippen MR) is 128 cm³/mol. The van der Waals surface area contributed by atoms with Crippen molar-refractivity contribution in [2.45, 2.75) is 40.3 Å². The van der Waals surface area contributed by atoms with Gasteiger partial charge in [-0.3, -0.25) is 13.9 Å². The predicted octanol–water partition coefficient (Wildman–Crippen LogP) is 3.28. The van der Waals surface area contributed by atoms with Crippen LogP contribution in [0.5, 0.6) is 0 Å². The minimum absolute atomic E-state index is 0.113. The van der Waals surface area contributed by atoms with Gasteiger partial charge >= 0.3 is 0 Å². The molecule has 0 aliphatic carbocycles. The van der Waals surface area contributed by atoms with E-state index in [9.17, 15) is 18.0 Å². The lowest BCUT2D eigenvalue weighted by atomic mass is 10.1. The molecule has 2 aromatic carbocycles. The number of nitrogens with zero attached hydrogens (tertiary/aromatic N) is 2. The number of hydrogen-bond acceptors (Lipinski definition) is 4. The highest BCUT2D eigenvalue weighted by Crippen LogP contribution is 2.25. The summed E-state index contributed by atoms with van der Waals surface area (Å²) in [6.07, 6.45) is 1.07. The molecule has 2 amide bonds. The smallest absolute Gasteiger partial charge is 0.244 e. The molecule has 7 nitrogen and oxygen atoms in total. The Labute approximate surface area is 195 Å². The summed E-state index contributed by atoms with van der Waals surface area (Å²) in [4.78, 5) is 27.3. The summed E-state index contributed by atoms with van der Waals surface area (Å²) in [7, 11) is -3.76. The van der Waals surface area contributed by atoms with Gasteiger partial charge in [0.1, 0.15) is 12.6 Å². The van der Waals surface area contributed by atoms with Gasteiger partial charge in [-0.05, 0) is 62.6 Å². The average molecular weight is 480 g/mol. The molecule has 32 heavy (non-hydrogen) atoms. The summed E-state index contributed by atoms with van der Waals surface area (Å²) in [5.41, 5.74) is 2.85. The van der Waals surface area contributed by atoms with Crippen molar-refractivity contribution in [3.8, 4) is 0 Å². The molecule has 0 aliphatic rings. The van der Waals surface area contributed by atoms with Crippen molar-refractivity contribution >= 4 is 39.1 Å². The van der Waals surface area contributed by atoms with Gasteiger partial charge in [0.2, 0.25) is 21.8 Å². The maximum atomic E-state index is 13.4. The molecule has 2 rings (SSSR count). The van der Waals surface area contributed by atoms with Crippen molar-refractivity contribution in [3.05, 3.63) is 64.2 Å². The van der Waals surface area contributed by atoms with Crippen LogP contribution in [0.15, 0.2) is 42.5 Å². The molecule has 0 fully saturated rings. The van der Waals surface area contributed by atoms with Gasteiger partial charge < -0.3 is 10.2 Å². The molecule has 1 atom stereocenters. The van der Waals surface area contributed by atoms with Crippen LogP contribution in [0.4, 0.5) is 5.69 Å². The quantitative estimate of drug-likeness (QED) is 0.598. The molecule has 0 aromatic heterocycles. The molecule has 0 spiro atoms. The summed E-state index contributed by atoms with van der Waals surface area (Å²) in [5.74, 6) is -0.810. The fourth-order valence-electron chi connectivity index (χ4n) is 3.34. The van der Waals surface area contributed by atoms with Crippen molar-refractivity contribution in [2.75, 3.05) is 23.7 Å². The zero-order valence-electron chi connectivity index (χ0n) is 19.1. The van der Waals surface area contributed by atoms with Crippen LogP contribution in [0.3, 0.4) is 0 Å². The first-order chi connectivity index (χ1) is 15.0. The molecular weight excluding hydrogens is 450 g/mol. The summed E-state index contributed by atoms with van der Waals surface area (Å²) >= 11 is 6.09. The van der Waals surface area contributed by atoms with Gasteiger partial charge in [-0.1, -0.05) is 35.9 Å². The number of halogens is 1. The van der Waals surface area contributed by atoms with Gasteiger partial charge in [-0.2, -0.15) is 0 Å². The summed E-state index contributed by atoms with van der Waals surface area (Å²) in [6, 6.07) is 11.5. The van der Waals surface area contributed by atoms with E-state index in [4.69, 9.17) is 11.6 Å². The van der Waals surface area contributed by atoms with E-state index >= 15 is 0 Å². The molecule has 1 unspecified atom stereocenters. The number of carbonyl (C=O) groups excluding carboxylic acids is 2. The largest absolute Gasteiger partial charge is 0.355 e. The van der Waals surface area contributed by atoms with Gasteiger partial charge in [-0.15, -0.1) is 0 Å². The molecule has 0 aliphatic heterocycles. The van der Waals surface area contributed by atoms with Crippen molar-refractivity contribution in [3.63, 3.8) is 0 Å². The summed E-state index contributed by atoms with van der Waals surface area (Å²) in [5, 5.41) is 3.23. The zero-order chi connectivity index (χ0) is 24.1. The van der Waals surface area contributed by atoms with E-state index in [1.165, 1.54) is 4.90 Å². The molecule has 1 N–H and O–H groups in total. The topological polar surface area (TPSA) is 86.8 Å². The second-order valence-electron chi connectivity index (χ2n) is 7.71. The Hall–Kier alpha value is -2.58. The number of amides is 2. The van der Waals surface area contributed by atoms with Crippen molar-refractivity contribution in [1.29, 1.82) is 0 Å². The maximum absolute atomic E-state index is 13.4. The fraction of sp³-hybridized carbons (Fsp3) is 0.391. The zero-order valence-corrected chi connectivity index (χ0v) is 20.6. The number of rotatable bonds is 9. The van der Waals surface area contributed by atoms with Gasteiger partial charge in [-0.25, -0.2) is 8.42 Å². The third-order valence-corrected chi connectivity index (χ3v) is 6.65. The number of likely N-dealkylation sites (N-methyl/N-ethyl adjacent to an activating group) is 1. The summed E-state index contributed by atoms with van der Waals surface area (Å²) in [6.45, 7) is 7.21. The third kappa shape index (κ3) is 6.46. The Morgan fingerprint density at radius 2 is 1.78 bits per heavy atom. The van der Waals surface area contributed by atoms with E-state index in [1.54, 1.807) is 50.2 Å². The van der Waals surface area contributed by atoms with E-state index in [-0.39, 0.29) is 12.5 Å². The molecule has 0 saturated heterocycles. The maximum Gasteiger partial charge on any atom is 0.244 e. The van der Waals surface area contributed by atoms with Gasteiger partial charge in [0.05, 0.1) is 11.9 Å². The first-order valence-corrected chi connectivity index (χ1v) is 12.5. The standard InChI is InChI=1S/C23H30ClN3O4S/c1-6-25-23(29)18(4)26(14-19-10-8-11-20(24)13-19)22(28)15-27(32(5,30)31)21-12-7-9-16(2)17(21)3/h7-13,18H,6,14-15H2,1-5H3,(H,25,29). The first kappa shape index (κ1) is 25.7. The Morgan fingerprint density at radius 3 is 2.38 bits per heavy atom. The second-order valence-corrected chi connectivity index (χ2v) is 10.1. The summed E-state index contributed by atoms with van der Waals surface area (Å²) < 4.78 is 26.3. The Bertz CT molecular complexity index is 1090. The van der Waals surface area contributed by atoms with E-state index < -0.39 is 28.5 Å². The van der Waals surface area contributed by atoms with Crippen LogP contribution in [0.1, 0.15) is 30.5 Å². The van der Waals surface area contributed by atoms with Crippen LogP contribution in [-0.2, 0) is 26.2 Å². The van der Waals surface area contributed by atoms with Crippen LogP contribution in [0, 0.1) is 13.8 Å². The second kappa shape index (κ2) is 10.8. The Kier molecular flexibility index (Phi) is 8.69. The third-order valence-electron chi connectivity index (χ3n) is 5.28. The van der Waals surface area contributed by atoms with Crippen LogP contribution >= 0.6 is 11.6 Å². The van der Waals surface area contributed by atoms with Gasteiger partial charge in [0, 0.05) is 18.1 Å². The molecule has 0 radical (unpaired) electrons. The molecule has 174 valence electrons. The number of carbonyl (C=O) groups is 2. The van der Waals surface area contributed by atoms with E-state index in [0.29, 0.717) is 17.3 Å². The number of aryl methyl sites for hydroxylation is 1. The number of anilines is 1. The lowest BCUT2D eigenvalue weighted by Gasteiger charge is -2.32. The fourth-order valence-corrected chi connectivity index (χ4v) is 4.45. The number of nitrogens with one attached hydrogen (secondary N) is 1. The number of benzene rings is 2. The minimum Gasteiger partial charge on any atom is -0.355 e. The Morgan fingerprint density at radius 1 is 1.12 bits per heavy atom. The molecule has 0 bridgehead atoms. The average Bonchev–Trinajstić information content (AvgIpc) is 2.71. The number of hydrogen-bond donors (Lipinski definition) is 1. The van der Waals surface area contributed by atoms with Gasteiger partial charge in [0.25, 0.3) is 0 Å². The Balaban J connectivity index is 2.43. The first-order valence-electron chi connectivity index (χ1n) is 10.3. The molecule has 0 heterocycles. The van der Waals surface area contributed by atoms with Crippen molar-refractivity contribution in [2.24, 2.45) is 0 Å². The van der Waals surface area contributed by atoms with Crippen molar-refractivity contribution in [1.82, 2.24) is 10.2 Å². The van der Waals surface area contributed by atoms with Gasteiger partial charge in [0.15, 0.2) is 0 Å². The number of sulfonamides is 1. The van der Waals surface area contributed by atoms with Crippen LogP contribution < -0.4 is 9.62 Å².